The molecule has 1 aromatic heterocycles. The van der Waals surface area contributed by atoms with E-state index in [0.29, 0.717) is 31.9 Å². The number of carbonyl (C=O) groups is 1. The van der Waals surface area contributed by atoms with Crippen molar-refractivity contribution in [2.24, 2.45) is 0 Å². The molecule has 0 radical (unpaired) electrons. The van der Waals surface area contributed by atoms with Gasteiger partial charge in [-0.2, -0.15) is 0 Å². The quantitative estimate of drug-likeness (QED) is 0.329. The van der Waals surface area contributed by atoms with Gasteiger partial charge in [0.05, 0.1) is 19.2 Å². The summed E-state index contributed by atoms with van der Waals surface area (Å²) in [6, 6.07) is 22.1. The molecule has 1 fully saturated rings. The summed E-state index contributed by atoms with van der Waals surface area (Å²) in [5, 5.41) is 0.951. The van der Waals surface area contributed by atoms with Gasteiger partial charge in [-0.15, -0.1) is 0 Å². The van der Waals surface area contributed by atoms with Gasteiger partial charge in [0.2, 0.25) is 6.79 Å². The fraction of sp³-hybridized carbons (Fsp3) is 0.323. The van der Waals surface area contributed by atoms with E-state index in [-0.39, 0.29) is 12.7 Å². The number of hydrogen-bond acceptors (Lipinski definition) is 6. The molecule has 0 atom stereocenters. The molecule has 39 heavy (non-hydrogen) atoms. The summed E-state index contributed by atoms with van der Waals surface area (Å²) in [5.74, 6) is 3.23. The Morgan fingerprint density at radius 2 is 1.67 bits per heavy atom. The minimum Gasteiger partial charge on any atom is -0.497 e. The molecule has 2 aliphatic rings. The van der Waals surface area contributed by atoms with Crippen LogP contribution in [0.3, 0.4) is 0 Å². The second kappa shape index (κ2) is 10.9. The first-order valence-electron chi connectivity index (χ1n) is 13.4. The number of benzene rings is 3. The molecule has 3 aromatic carbocycles. The summed E-state index contributed by atoms with van der Waals surface area (Å²) < 4.78 is 24.4. The lowest BCUT2D eigenvalue weighted by molar-refractivity contribution is 0.0619. The fourth-order valence-corrected chi connectivity index (χ4v) is 5.41. The Labute approximate surface area is 228 Å². The number of methoxy groups -OCH3 is 1. The molecule has 0 unspecified atom stereocenters. The Kier molecular flexibility index (Phi) is 7.02. The molecule has 0 bridgehead atoms. The maximum Gasteiger partial charge on any atom is 0.270 e. The van der Waals surface area contributed by atoms with E-state index in [4.69, 9.17) is 18.9 Å². The highest BCUT2D eigenvalue weighted by molar-refractivity contribution is 6.00. The van der Waals surface area contributed by atoms with Gasteiger partial charge in [-0.05, 0) is 60.5 Å². The number of rotatable bonds is 8. The predicted molar refractivity (Wildman–Crippen MR) is 149 cm³/mol. The summed E-state index contributed by atoms with van der Waals surface area (Å²) in [7, 11) is 1.67. The third kappa shape index (κ3) is 5.12. The molecule has 0 aliphatic carbocycles. The van der Waals surface area contributed by atoms with Gasteiger partial charge in [0.15, 0.2) is 11.5 Å². The number of fused-ring (bicyclic) bond motifs is 2. The van der Waals surface area contributed by atoms with Gasteiger partial charge in [-0.1, -0.05) is 24.3 Å². The van der Waals surface area contributed by atoms with Crippen LogP contribution in [-0.4, -0.2) is 67.0 Å². The molecule has 202 valence electrons. The molecule has 0 saturated carbocycles. The van der Waals surface area contributed by atoms with Crippen molar-refractivity contribution in [2.75, 3.05) is 46.7 Å². The van der Waals surface area contributed by atoms with Crippen molar-refractivity contribution in [1.82, 2.24) is 14.4 Å². The maximum atomic E-state index is 14.0. The number of amides is 1. The predicted octanol–water partition coefficient (Wildman–Crippen LogP) is 4.78. The summed E-state index contributed by atoms with van der Waals surface area (Å²) in [4.78, 5) is 18.3. The van der Waals surface area contributed by atoms with E-state index in [9.17, 15) is 4.79 Å². The molecular formula is C31H33N3O5. The van der Waals surface area contributed by atoms with Crippen molar-refractivity contribution in [3.63, 3.8) is 0 Å². The Morgan fingerprint density at radius 1 is 0.872 bits per heavy atom. The summed E-state index contributed by atoms with van der Waals surface area (Å²) >= 11 is 0. The SMILES string of the molecule is CCOc1cccc2c1cc(C(=O)N1CCN(Cc3ccc4c(c3)OCO4)CC1)n2Cc1cccc(OC)c1. The molecular weight excluding hydrogens is 494 g/mol. The summed E-state index contributed by atoms with van der Waals surface area (Å²) in [6.45, 7) is 7.13. The number of nitrogens with zero attached hydrogens (tertiary/aromatic N) is 3. The van der Waals surface area contributed by atoms with Crippen LogP contribution >= 0.6 is 0 Å². The summed E-state index contributed by atoms with van der Waals surface area (Å²) in [5.41, 5.74) is 3.90. The zero-order chi connectivity index (χ0) is 26.8. The van der Waals surface area contributed by atoms with E-state index in [0.717, 1.165) is 59.1 Å². The van der Waals surface area contributed by atoms with Crippen molar-refractivity contribution < 1.29 is 23.7 Å². The van der Waals surface area contributed by atoms with Crippen LogP contribution in [0, 0.1) is 0 Å². The standard InChI is InChI=1S/C31H33N3O5/c1-3-37-28-9-5-8-26-25(28)18-27(34(26)20-22-6-4-7-24(16-22)36-2)31(35)33-14-12-32(13-15-33)19-23-10-11-29-30(17-23)39-21-38-29/h4-11,16-18H,3,12-15,19-21H2,1-2H3. The van der Waals surface area contributed by atoms with Crippen molar-refractivity contribution in [2.45, 2.75) is 20.0 Å². The lowest BCUT2D eigenvalue weighted by Crippen LogP contribution is -2.48. The lowest BCUT2D eigenvalue weighted by atomic mass is 10.1. The van der Waals surface area contributed by atoms with Gasteiger partial charge in [0.1, 0.15) is 17.2 Å². The van der Waals surface area contributed by atoms with E-state index in [1.165, 1.54) is 5.56 Å². The maximum absolute atomic E-state index is 14.0. The number of piperazine rings is 1. The van der Waals surface area contributed by atoms with E-state index in [1.807, 2.05) is 60.4 Å². The fourth-order valence-electron chi connectivity index (χ4n) is 5.41. The van der Waals surface area contributed by atoms with Crippen LogP contribution in [0.2, 0.25) is 0 Å². The van der Waals surface area contributed by atoms with Gasteiger partial charge in [-0.3, -0.25) is 9.69 Å². The van der Waals surface area contributed by atoms with Crippen LogP contribution in [0.15, 0.2) is 66.7 Å². The van der Waals surface area contributed by atoms with Gasteiger partial charge in [0.25, 0.3) is 5.91 Å². The van der Waals surface area contributed by atoms with Crippen LogP contribution in [-0.2, 0) is 13.1 Å². The molecule has 0 spiro atoms. The number of hydrogen-bond donors (Lipinski definition) is 0. The molecule has 1 amide bonds. The van der Waals surface area contributed by atoms with Gasteiger partial charge < -0.3 is 28.4 Å². The molecule has 8 heteroatoms. The molecule has 3 heterocycles. The summed E-state index contributed by atoms with van der Waals surface area (Å²) in [6.07, 6.45) is 0. The van der Waals surface area contributed by atoms with Gasteiger partial charge >= 0.3 is 0 Å². The van der Waals surface area contributed by atoms with Crippen LogP contribution in [0.4, 0.5) is 0 Å². The Balaban J connectivity index is 1.23. The molecule has 1 saturated heterocycles. The first-order valence-corrected chi connectivity index (χ1v) is 13.4. The lowest BCUT2D eigenvalue weighted by Gasteiger charge is -2.35. The van der Waals surface area contributed by atoms with Crippen molar-refractivity contribution in [1.29, 1.82) is 0 Å². The van der Waals surface area contributed by atoms with E-state index < -0.39 is 0 Å². The third-order valence-corrected chi connectivity index (χ3v) is 7.40. The van der Waals surface area contributed by atoms with E-state index in [1.54, 1.807) is 7.11 Å². The van der Waals surface area contributed by atoms with Gasteiger partial charge in [0, 0.05) is 44.7 Å². The first-order chi connectivity index (χ1) is 19.1. The minimum atomic E-state index is 0.0410. The highest BCUT2D eigenvalue weighted by Crippen LogP contribution is 2.33. The number of aromatic nitrogens is 1. The number of ether oxygens (including phenoxy) is 4. The molecule has 4 aromatic rings. The second-order valence-corrected chi connectivity index (χ2v) is 9.85. The van der Waals surface area contributed by atoms with Crippen LogP contribution in [0.25, 0.3) is 10.9 Å². The van der Waals surface area contributed by atoms with Crippen LogP contribution < -0.4 is 18.9 Å². The zero-order valence-electron chi connectivity index (χ0n) is 22.4. The highest BCUT2D eigenvalue weighted by Gasteiger charge is 2.26. The van der Waals surface area contributed by atoms with Crippen LogP contribution in [0.1, 0.15) is 28.5 Å². The zero-order valence-corrected chi connectivity index (χ0v) is 22.4. The normalized spacial score (nSPS) is 15.1. The Bertz CT molecular complexity index is 1490. The average Bonchev–Trinajstić information content (AvgIpc) is 3.58. The molecule has 2 aliphatic heterocycles. The largest absolute Gasteiger partial charge is 0.497 e. The molecule has 6 rings (SSSR count). The Hall–Kier alpha value is -4.17. The number of carbonyl (C=O) groups excluding carboxylic acids is 1. The highest BCUT2D eigenvalue weighted by atomic mass is 16.7. The van der Waals surface area contributed by atoms with E-state index >= 15 is 0 Å². The molecule has 0 N–H and O–H groups in total. The van der Waals surface area contributed by atoms with E-state index in [2.05, 4.69) is 27.7 Å². The smallest absolute Gasteiger partial charge is 0.270 e. The first kappa shape index (κ1) is 25.1. The van der Waals surface area contributed by atoms with Gasteiger partial charge in [-0.25, -0.2) is 0 Å². The van der Waals surface area contributed by atoms with Crippen molar-refractivity contribution in [3.05, 3.63) is 83.6 Å². The second-order valence-electron chi connectivity index (χ2n) is 9.85. The average molecular weight is 528 g/mol. The monoisotopic (exact) mass is 527 g/mol. The minimum absolute atomic E-state index is 0.0410. The molecule has 8 nitrogen and oxygen atoms in total. The van der Waals surface area contributed by atoms with Crippen LogP contribution in [0.5, 0.6) is 23.0 Å². The van der Waals surface area contributed by atoms with Crippen molar-refractivity contribution in [3.8, 4) is 23.0 Å². The Morgan fingerprint density at radius 3 is 2.49 bits per heavy atom. The third-order valence-electron chi connectivity index (χ3n) is 7.40. The topological polar surface area (TPSA) is 65.4 Å². The van der Waals surface area contributed by atoms with Crippen molar-refractivity contribution >= 4 is 16.8 Å².